The number of esters is 3. The molecule has 0 N–H and O–H groups in total. The van der Waals surface area contributed by atoms with Gasteiger partial charge in [0.1, 0.15) is 13.2 Å². The summed E-state index contributed by atoms with van der Waals surface area (Å²) in [6.45, 7) is 6.75. The molecular formula is C75H146O6. The Bertz CT molecular complexity index is 1220. The van der Waals surface area contributed by atoms with Crippen molar-refractivity contribution < 1.29 is 28.6 Å². The van der Waals surface area contributed by atoms with Gasteiger partial charge in [0.2, 0.25) is 0 Å². The van der Waals surface area contributed by atoms with Crippen molar-refractivity contribution in [2.24, 2.45) is 0 Å². The summed E-state index contributed by atoms with van der Waals surface area (Å²) in [5.41, 5.74) is 0. The van der Waals surface area contributed by atoms with Gasteiger partial charge in [-0.1, -0.05) is 406 Å². The summed E-state index contributed by atoms with van der Waals surface area (Å²) in [4.78, 5) is 38.5. The van der Waals surface area contributed by atoms with E-state index in [2.05, 4.69) is 20.8 Å². The van der Waals surface area contributed by atoms with Crippen LogP contribution in [0, 0.1) is 0 Å². The Hall–Kier alpha value is -1.59. The van der Waals surface area contributed by atoms with Gasteiger partial charge in [-0.25, -0.2) is 0 Å². The van der Waals surface area contributed by atoms with E-state index in [1.54, 1.807) is 0 Å². The summed E-state index contributed by atoms with van der Waals surface area (Å²) in [5.74, 6) is -0.817. The van der Waals surface area contributed by atoms with Crippen molar-refractivity contribution in [2.75, 3.05) is 13.2 Å². The molecule has 1 atom stereocenters. The van der Waals surface area contributed by atoms with Crippen LogP contribution in [0.3, 0.4) is 0 Å². The van der Waals surface area contributed by atoms with E-state index in [1.165, 1.54) is 347 Å². The Morgan fingerprint density at radius 1 is 0.198 bits per heavy atom. The fourth-order valence-corrected chi connectivity index (χ4v) is 12.0. The molecule has 0 amide bonds. The summed E-state index contributed by atoms with van der Waals surface area (Å²) in [7, 11) is 0. The molecule has 0 rings (SSSR count). The van der Waals surface area contributed by atoms with Gasteiger partial charge in [-0.2, -0.15) is 0 Å². The predicted octanol–water partition coefficient (Wildman–Crippen LogP) is 25.8. The minimum Gasteiger partial charge on any atom is -0.462 e. The second-order valence-corrected chi connectivity index (χ2v) is 25.9. The van der Waals surface area contributed by atoms with E-state index in [0.717, 1.165) is 57.8 Å². The molecule has 0 saturated carbocycles. The van der Waals surface area contributed by atoms with E-state index in [1.807, 2.05) is 0 Å². The lowest BCUT2D eigenvalue weighted by Crippen LogP contribution is -2.30. The Kier molecular flexibility index (Phi) is 69.5. The lowest BCUT2D eigenvalue weighted by atomic mass is 10.0. The molecule has 0 bridgehead atoms. The first-order valence-electron chi connectivity index (χ1n) is 37.5. The van der Waals surface area contributed by atoms with Crippen molar-refractivity contribution in [2.45, 2.75) is 451 Å². The topological polar surface area (TPSA) is 78.9 Å². The molecule has 0 aromatic carbocycles. The largest absolute Gasteiger partial charge is 0.462 e. The van der Waals surface area contributed by atoms with Gasteiger partial charge in [-0.3, -0.25) is 14.4 Å². The second-order valence-electron chi connectivity index (χ2n) is 25.9. The van der Waals surface area contributed by atoms with E-state index in [-0.39, 0.29) is 31.1 Å². The molecule has 6 heteroatoms. The first-order chi connectivity index (χ1) is 40.0. The van der Waals surface area contributed by atoms with Crippen molar-refractivity contribution >= 4 is 17.9 Å². The summed E-state index contributed by atoms with van der Waals surface area (Å²) < 4.78 is 17.0. The zero-order valence-electron chi connectivity index (χ0n) is 55.6. The molecule has 0 fully saturated rings. The van der Waals surface area contributed by atoms with Gasteiger partial charge in [0.15, 0.2) is 6.10 Å². The minimum absolute atomic E-state index is 0.0600. The zero-order valence-corrected chi connectivity index (χ0v) is 55.6. The minimum atomic E-state index is -0.764. The van der Waals surface area contributed by atoms with Crippen molar-refractivity contribution in [1.29, 1.82) is 0 Å². The molecule has 81 heavy (non-hydrogen) atoms. The first kappa shape index (κ1) is 79.4. The maximum absolute atomic E-state index is 13.0. The SMILES string of the molecule is CCCCCCCCCCCCCCCCCCCCCCCCCCCCC(=O)OCC(COC(=O)CCCCCCCCCCCCCCC)OC(=O)CCCCCCCCCCCCCCCCCCCCCCCCCC. The third kappa shape index (κ3) is 69.1. The maximum atomic E-state index is 13.0. The molecule has 0 heterocycles. The quantitative estimate of drug-likeness (QED) is 0.0343. The fourth-order valence-electron chi connectivity index (χ4n) is 12.0. The van der Waals surface area contributed by atoms with Crippen LogP contribution in [0.5, 0.6) is 0 Å². The molecule has 0 aromatic rings. The van der Waals surface area contributed by atoms with Crippen LogP contribution < -0.4 is 0 Å². The smallest absolute Gasteiger partial charge is 0.306 e. The van der Waals surface area contributed by atoms with Crippen LogP contribution in [0.4, 0.5) is 0 Å². The Labute approximate surface area is 508 Å². The summed E-state index contributed by atoms with van der Waals surface area (Å²) in [6.07, 6.45) is 84.4. The maximum Gasteiger partial charge on any atom is 0.306 e. The number of hydrogen-bond acceptors (Lipinski definition) is 6. The van der Waals surface area contributed by atoms with E-state index < -0.39 is 6.10 Å². The van der Waals surface area contributed by atoms with Crippen molar-refractivity contribution in [3.63, 3.8) is 0 Å². The Morgan fingerprint density at radius 2 is 0.333 bits per heavy atom. The molecule has 6 nitrogen and oxygen atoms in total. The van der Waals surface area contributed by atoms with Crippen LogP contribution in [0.2, 0.25) is 0 Å². The molecule has 0 radical (unpaired) electrons. The third-order valence-corrected chi connectivity index (χ3v) is 17.6. The highest BCUT2D eigenvalue weighted by atomic mass is 16.6. The number of carbonyl (C=O) groups is 3. The lowest BCUT2D eigenvalue weighted by molar-refractivity contribution is -0.167. The summed E-state index contributed by atoms with van der Waals surface area (Å²) in [5, 5.41) is 0. The van der Waals surface area contributed by atoms with Crippen molar-refractivity contribution in [3.8, 4) is 0 Å². The number of ether oxygens (including phenoxy) is 3. The fraction of sp³-hybridized carbons (Fsp3) is 0.960. The second kappa shape index (κ2) is 70.9. The van der Waals surface area contributed by atoms with E-state index in [4.69, 9.17) is 14.2 Å². The van der Waals surface area contributed by atoms with Crippen LogP contribution in [0.1, 0.15) is 445 Å². The van der Waals surface area contributed by atoms with Gasteiger partial charge < -0.3 is 14.2 Å². The Morgan fingerprint density at radius 3 is 0.494 bits per heavy atom. The number of unbranched alkanes of at least 4 members (excludes halogenated alkanes) is 60. The van der Waals surface area contributed by atoms with E-state index in [9.17, 15) is 14.4 Å². The summed E-state index contributed by atoms with van der Waals surface area (Å²) >= 11 is 0. The molecule has 482 valence electrons. The normalized spacial score (nSPS) is 11.9. The van der Waals surface area contributed by atoms with Gasteiger partial charge in [-0.15, -0.1) is 0 Å². The average molecular weight is 1140 g/mol. The third-order valence-electron chi connectivity index (χ3n) is 17.6. The van der Waals surface area contributed by atoms with Crippen LogP contribution in [0.25, 0.3) is 0 Å². The zero-order chi connectivity index (χ0) is 58.5. The van der Waals surface area contributed by atoms with Crippen LogP contribution >= 0.6 is 0 Å². The molecule has 0 spiro atoms. The van der Waals surface area contributed by atoms with Crippen LogP contribution in [-0.2, 0) is 28.6 Å². The number of hydrogen-bond donors (Lipinski definition) is 0. The van der Waals surface area contributed by atoms with Crippen molar-refractivity contribution in [1.82, 2.24) is 0 Å². The monoisotopic (exact) mass is 1140 g/mol. The van der Waals surface area contributed by atoms with Gasteiger partial charge in [-0.05, 0) is 19.3 Å². The highest BCUT2D eigenvalue weighted by Crippen LogP contribution is 2.20. The molecule has 0 aliphatic carbocycles. The molecular weight excluding hydrogens is 997 g/mol. The number of carbonyl (C=O) groups excluding carboxylic acids is 3. The van der Waals surface area contributed by atoms with Gasteiger partial charge in [0.05, 0.1) is 0 Å². The summed E-state index contributed by atoms with van der Waals surface area (Å²) in [6, 6.07) is 0. The van der Waals surface area contributed by atoms with Crippen molar-refractivity contribution in [3.05, 3.63) is 0 Å². The van der Waals surface area contributed by atoms with Crippen LogP contribution in [0.15, 0.2) is 0 Å². The lowest BCUT2D eigenvalue weighted by Gasteiger charge is -2.18. The van der Waals surface area contributed by atoms with Gasteiger partial charge >= 0.3 is 17.9 Å². The molecule has 0 aromatic heterocycles. The van der Waals surface area contributed by atoms with Gasteiger partial charge in [0.25, 0.3) is 0 Å². The first-order valence-corrected chi connectivity index (χ1v) is 37.5. The predicted molar refractivity (Wildman–Crippen MR) is 354 cm³/mol. The molecule has 0 aliphatic rings. The highest BCUT2D eigenvalue weighted by molar-refractivity contribution is 5.71. The van der Waals surface area contributed by atoms with E-state index in [0.29, 0.717) is 19.3 Å². The molecule has 0 saturated heterocycles. The standard InChI is InChI=1S/C75H146O6/c1-4-7-10-13-16-19-22-25-27-29-31-33-35-37-38-40-41-43-45-47-50-53-56-59-62-65-68-74(77)80-71-72(70-79-73(76)67-64-61-58-55-52-49-24-21-18-15-12-9-6-3)81-75(78)69-66-63-60-57-54-51-48-46-44-42-39-36-34-32-30-28-26-23-20-17-14-11-8-5-2/h72H,4-71H2,1-3H3. The Balaban J connectivity index is 4.16. The van der Waals surface area contributed by atoms with E-state index >= 15 is 0 Å². The number of rotatable bonds is 71. The molecule has 1 unspecified atom stereocenters. The van der Waals surface area contributed by atoms with Gasteiger partial charge in [0, 0.05) is 19.3 Å². The highest BCUT2D eigenvalue weighted by Gasteiger charge is 2.20. The molecule has 0 aliphatic heterocycles. The van der Waals surface area contributed by atoms with Crippen LogP contribution in [-0.4, -0.2) is 37.2 Å². The average Bonchev–Trinajstić information content (AvgIpc) is 3.46.